The van der Waals surface area contributed by atoms with E-state index in [1.54, 1.807) is 6.92 Å². The normalized spacial score (nSPS) is 11.8. The molecule has 2 N–H and O–H groups in total. The van der Waals surface area contributed by atoms with Gasteiger partial charge in [-0.05, 0) is 37.1 Å². The van der Waals surface area contributed by atoms with Gasteiger partial charge in [-0.25, -0.2) is 0 Å². The molecule has 1 atom stereocenters. The summed E-state index contributed by atoms with van der Waals surface area (Å²) in [6, 6.07) is 20.3. The number of nitrogens with one attached hydrogen (secondary N) is 1. The molecule has 25 heavy (non-hydrogen) atoms. The molecule has 3 aromatic rings. The minimum Gasteiger partial charge on any atom is -1.00 e. The predicted octanol–water partition coefficient (Wildman–Crippen LogP) is 1.60. The number of hydrogen-bond donors (Lipinski definition) is 2. The summed E-state index contributed by atoms with van der Waals surface area (Å²) >= 11 is 0. The van der Waals surface area contributed by atoms with E-state index in [1.807, 2.05) is 36.4 Å². The number of aliphatic hydroxyl groups is 1. The number of furan rings is 1. The van der Waals surface area contributed by atoms with E-state index in [-0.39, 0.29) is 12.4 Å². The van der Waals surface area contributed by atoms with Gasteiger partial charge in [0.1, 0.15) is 11.5 Å². The van der Waals surface area contributed by atoms with E-state index in [2.05, 4.69) is 36.5 Å². The van der Waals surface area contributed by atoms with Crippen molar-refractivity contribution in [3.63, 3.8) is 0 Å². The number of benzene rings is 2. The Labute approximate surface area is 155 Å². The van der Waals surface area contributed by atoms with Gasteiger partial charge < -0.3 is 27.2 Å². The van der Waals surface area contributed by atoms with Crippen molar-refractivity contribution in [1.82, 2.24) is 5.32 Å². The van der Waals surface area contributed by atoms with Crippen LogP contribution >= 0.6 is 0 Å². The maximum Gasteiger partial charge on any atom is 0.134 e. The molecule has 0 fully saturated rings. The van der Waals surface area contributed by atoms with E-state index >= 15 is 0 Å². The molecule has 2 aromatic carbocycles. The summed E-state index contributed by atoms with van der Waals surface area (Å²) in [5, 5.41) is 13.0. The summed E-state index contributed by atoms with van der Waals surface area (Å²) in [6.07, 6.45) is -0.447. The second-order valence-electron chi connectivity index (χ2n) is 6.15. The molecule has 0 spiro atoms. The average molecular weight is 357 g/mol. The van der Waals surface area contributed by atoms with Crippen molar-refractivity contribution < 1.29 is 21.9 Å². The quantitative estimate of drug-likeness (QED) is 0.705. The first kappa shape index (κ1) is 19.3. The van der Waals surface area contributed by atoms with Gasteiger partial charge in [-0.3, -0.25) is 0 Å². The third-order valence-electron chi connectivity index (χ3n) is 4.09. The van der Waals surface area contributed by atoms with Crippen LogP contribution in [0.5, 0.6) is 0 Å². The first-order valence-electron chi connectivity index (χ1n) is 8.25. The van der Waals surface area contributed by atoms with Crippen molar-refractivity contribution in [1.29, 1.82) is 0 Å². The number of halogens is 1. The Balaban J connectivity index is 0.00000225. The summed E-state index contributed by atoms with van der Waals surface area (Å²) in [4.78, 5) is 0. The van der Waals surface area contributed by atoms with Gasteiger partial charge >= 0.3 is 0 Å². The Kier molecular flexibility index (Phi) is 6.82. The lowest BCUT2D eigenvalue weighted by Gasteiger charge is -2.05. The molecule has 4 heteroatoms. The van der Waals surface area contributed by atoms with Crippen LogP contribution in [-0.2, 0) is 13.1 Å². The molecular weight excluding hydrogens is 334 g/mol. The Hall–Kier alpha value is -2.07. The molecular formula is C21H23ClNO2-. The van der Waals surface area contributed by atoms with Gasteiger partial charge in [0, 0.05) is 12.1 Å². The standard InChI is InChI=1S/C21H23NO2.ClH/c1-15-3-5-17(6-4-15)13-22-14-20-11-12-21(24-20)19-9-7-18(8-10-19)16(2)23;/h3-12,16,22-23H,13-14H2,1-2H3;1H/p-1. The molecule has 3 nitrogen and oxygen atoms in total. The van der Waals surface area contributed by atoms with Gasteiger partial charge in [0.25, 0.3) is 0 Å². The van der Waals surface area contributed by atoms with Gasteiger partial charge in [-0.2, -0.15) is 0 Å². The molecule has 0 aliphatic rings. The predicted molar refractivity (Wildman–Crippen MR) is 96.5 cm³/mol. The molecule has 0 amide bonds. The highest BCUT2D eigenvalue weighted by molar-refractivity contribution is 5.58. The highest BCUT2D eigenvalue weighted by atomic mass is 35.5. The average Bonchev–Trinajstić information content (AvgIpc) is 3.06. The van der Waals surface area contributed by atoms with E-state index in [1.165, 1.54) is 11.1 Å². The molecule has 0 saturated heterocycles. The minimum atomic E-state index is -0.447. The third kappa shape index (κ3) is 5.20. The van der Waals surface area contributed by atoms with Crippen LogP contribution in [0.1, 0.15) is 35.5 Å². The van der Waals surface area contributed by atoms with Crippen LogP contribution in [0.4, 0.5) is 0 Å². The van der Waals surface area contributed by atoms with Crippen molar-refractivity contribution in [2.45, 2.75) is 33.0 Å². The lowest BCUT2D eigenvalue weighted by atomic mass is 10.1. The minimum absolute atomic E-state index is 0. The van der Waals surface area contributed by atoms with Crippen LogP contribution in [0.3, 0.4) is 0 Å². The molecule has 0 aliphatic heterocycles. The molecule has 132 valence electrons. The fourth-order valence-corrected chi connectivity index (χ4v) is 2.59. The smallest absolute Gasteiger partial charge is 0.134 e. The van der Waals surface area contributed by atoms with Gasteiger partial charge in [-0.15, -0.1) is 0 Å². The number of rotatable bonds is 6. The van der Waals surface area contributed by atoms with Crippen LogP contribution in [0, 0.1) is 6.92 Å². The van der Waals surface area contributed by atoms with Crippen molar-refractivity contribution in [2.24, 2.45) is 0 Å². The maximum atomic E-state index is 9.56. The second-order valence-corrected chi connectivity index (χ2v) is 6.15. The molecule has 0 radical (unpaired) electrons. The highest BCUT2D eigenvalue weighted by Crippen LogP contribution is 2.24. The van der Waals surface area contributed by atoms with Crippen molar-refractivity contribution in [3.8, 4) is 11.3 Å². The maximum absolute atomic E-state index is 9.56. The van der Waals surface area contributed by atoms with E-state index < -0.39 is 6.10 Å². The monoisotopic (exact) mass is 356 g/mol. The molecule has 0 bridgehead atoms. The Morgan fingerprint density at radius 2 is 1.60 bits per heavy atom. The fourth-order valence-electron chi connectivity index (χ4n) is 2.59. The summed E-state index contributed by atoms with van der Waals surface area (Å²) in [5.41, 5.74) is 4.46. The van der Waals surface area contributed by atoms with Crippen LogP contribution in [0.25, 0.3) is 11.3 Å². The summed E-state index contributed by atoms with van der Waals surface area (Å²) in [5.74, 6) is 1.76. The Morgan fingerprint density at radius 3 is 2.24 bits per heavy atom. The molecule has 1 unspecified atom stereocenters. The van der Waals surface area contributed by atoms with E-state index in [9.17, 15) is 5.11 Å². The van der Waals surface area contributed by atoms with Gasteiger partial charge in [0.15, 0.2) is 0 Å². The van der Waals surface area contributed by atoms with Gasteiger partial charge in [0.2, 0.25) is 0 Å². The second kappa shape index (κ2) is 8.86. The molecule has 1 aromatic heterocycles. The van der Waals surface area contributed by atoms with E-state index in [0.29, 0.717) is 6.54 Å². The zero-order valence-electron chi connectivity index (χ0n) is 14.5. The lowest BCUT2D eigenvalue weighted by molar-refractivity contribution is -0.00000744. The largest absolute Gasteiger partial charge is 1.00 e. The van der Waals surface area contributed by atoms with E-state index in [0.717, 1.165) is 29.2 Å². The summed E-state index contributed by atoms with van der Waals surface area (Å²) in [7, 11) is 0. The SMILES string of the molecule is Cc1ccc(CNCc2ccc(-c3ccc(C(C)O)cc3)o2)cc1.[Cl-]. The Bertz CT molecular complexity index is 776. The topological polar surface area (TPSA) is 45.4 Å². The van der Waals surface area contributed by atoms with Crippen LogP contribution < -0.4 is 17.7 Å². The van der Waals surface area contributed by atoms with Crippen molar-refractivity contribution in [3.05, 3.63) is 83.1 Å². The summed E-state index contributed by atoms with van der Waals surface area (Å²) < 4.78 is 5.90. The first-order valence-corrected chi connectivity index (χ1v) is 8.25. The van der Waals surface area contributed by atoms with Crippen LogP contribution in [-0.4, -0.2) is 5.11 Å². The highest BCUT2D eigenvalue weighted by Gasteiger charge is 2.06. The van der Waals surface area contributed by atoms with Crippen molar-refractivity contribution in [2.75, 3.05) is 0 Å². The molecule has 0 aliphatic carbocycles. The first-order chi connectivity index (χ1) is 11.6. The van der Waals surface area contributed by atoms with Crippen molar-refractivity contribution >= 4 is 0 Å². The molecule has 3 rings (SSSR count). The lowest BCUT2D eigenvalue weighted by Crippen LogP contribution is -3.00. The number of aliphatic hydroxyl groups excluding tert-OH is 1. The van der Waals surface area contributed by atoms with Crippen LogP contribution in [0.15, 0.2) is 65.1 Å². The molecule has 0 saturated carbocycles. The number of aryl methyl sites for hydroxylation is 1. The molecule has 1 heterocycles. The van der Waals surface area contributed by atoms with Crippen LogP contribution in [0.2, 0.25) is 0 Å². The van der Waals surface area contributed by atoms with E-state index in [4.69, 9.17) is 4.42 Å². The third-order valence-corrected chi connectivity index (χ3v) is 4.09. The zero-order valence-corrected chi connectivity index (χ0v) is 15.3. The zero-order chi connectivity index (χ0) is 16.9. The van der Waals surface area contributed by atoms with Gasteiger partial charge in [0.05, 0.1) is 12.6 Å². The fraction of sp³-hybridized carbons (Fsp3) is 0.238. The Morgan fingerprint density at radius 1 is 0.920 bits per heavy atom. The summed E-state index contributed by atoms with van der Waals surface area (Å²) in [6.45, 7) is 5.37. The van der Waals surface area contributed by atoms with Gasteiger partial charge in [-0.1, -0.05) is 54.1 Å². The number of hydrogen-bond acceptors (Lipinski definition) is 3.